The Morgan fingerprint density at radius 3 is 2.65 bits per heavy atom. The maximum Gasteiger partial charge on any atom is 0.221 e. The minimum atomic E-state index is -0.276. The van der Waals surface area contributed by atoms with Gasteiger partial charge in [-0.3, -0.25) is 4.79 Å². The van der Waals surface area contributed by atoms with Crippen molar-refractivity contribution >= 4 is 33.2 Å². The van der Waals surface area contributed by atoms with E-state index in [1.54, 1.807) is 12.1 Å². The van der Waals surface area contributed by atoms with Crippen molar-refractivity contribution < 1.29 is 9.18 Å². The molecule has 0 saturated heterocycles. The zero-order chi connectivity index (χ0) is 14.5. The van der Waals surface area contributed by atoms with Gasteiger partial charge in [0.25, 0.3) is 0 Å². The summed E-state index contributed by atoms with van der Waals surface area (Å²) in [5.41, 5.74) is 2.59. The first-order chi connectivity index (χ1) is 9.54. The largest absolute Gasteiger partial charge is 0.381 e. The molecular weight excluding hydrogens is 323 g/mol. The minimum Gasteiger partial charge on any atom is -0.381 e. The summed E-state index contributed by atoms with van der Waals surface area (Å²) < 4.78 is 13.6. The molecule has 0 radical (unpaired) electrons. The van der Waals surface area contributed by atoms with Crippen LogP contribution in [0.5, 0.6) is 0 Å². The summed E-state index contributed by atoms with van der Waals surface area (Å²) in [5.74, 6) is -0.383. The van der Waals surface area contributed by atoms with Crippen molar-refractivity contribution in [3.05, 3.63) is 58.3 Å². The topological polar surface area (TPSA) is 41.1 Å². The van der Waals surface area contributed by atoms with Crippen LogP contribution in [0.3, 0.4) is 0 Å². The molecular formula is C15H14BrFN2O. The van der Waals surface area contributed by atoms with E-state index >= 15 is 0 Å². The van der Waals surface area contributed by atoms with Gasteiger partial charge < -0.3 is 10.6 Å². The van der Waals surface area contributed by atoms with Crippen molar-refractivity contribution in [2.75, 3.05) is 10.6 Å². The molecule has 0 unspecified atom stereocenters. The molecule has 0 aromatic heterocycles. The number of amides is 1. The molecule has 0 spiro atoms. The van der Waals surface area contributed by atoms with Crippen LogP contribution in [-0.4, -0.2) is 5.91 Å². The molecule has 104 valence electrons. The van der Waals surface area contributed by atoms with Gasteiger partial charge in [-0.1, -0.05) is 12.1 Å². The molecule has 2 aromatic rings. The molecule has 0 fully saturated rings. The van der Waals surface area contributed by atoms with E-state index in [4.69, 9.17) is 0 Å². The maximum atomic E-state index is 13.1. The molecule has 2 rings (SSSR count). The highest BCUT2D eigenvalue weighted by Gasteiger charge is 2.01. The molecule has 0 heterocycles. The van der Waals surface area contributed by atoms with E-state index in [1.807, 2.05) is 24.3 Å². The first kappa shape index (κ1) is 14.5. The minimum absolute atomic E-state index is 0.107. The number of carbonyl (C=O) groups excluding carboxylic acids is 1. The number of benzene rings is 2. The van der Waals surface area contributed by atoms with Gasteiger partial charge in [-0.15, -0.1) is 0 Å². The fourth-order valence-electron chi connectivity index (χ4n) is 1.76. The second-order valence-electron chi connectivity index (χ2n) is 4.36. The Kier molecular flexibility index (Phi) is 4.74. The predicted molar refractivity (Wildman–Crippen MR) is 82.2 cm³/mol. The second-order valence-corrected chi connectivity index (χ2v) is 5.22. The third-order valence-corrected chi connectivity index (χ3v) is 3.27. The number of halogens is 2. The van der Waals surface area contributed by atoms with E-state index in [0.717, 1.165) is 16.9 Å². The molecule has 0 aliphatic heterocycles. The Hall–Kier alpha value is -1.88. The number of anilines is 2. The van der Waals surface area contributed by atoms with Crippen LogP contribution >= 0.6 is 15.9 Å². The van der Waals surface area contributed by atoms with E-state index < -0.39 is 0 Å². The fourth-order valence-corrected chi connectivity index (χ4v) is 2.19. The first-order valence-electron chi connectivity index (χ1n) is 6.10. The third-order valence-electron chi connectivity index (χ3n) is 2.66. The lowest BCUT2D eigenvalue weighted by Crippen LogP contribution is -2.06. The molecule has 20 heavy (non-hydrogen) atoms. The average Bonchev–Trinajstić information content (AvgIpc) is 2.40. The van der Waals surface area contributed by atoms with E-state index in [-0.39, 0.29) is 11.7 Å². The monoisotopic (exact) mass is 336 g/mol. The van der Waals surface area contributed by atoms with Crippen molar-refractivity contribution in [3.63, 3.8) is 0 Å². The van der Waals surface area contributed by atoms with Gasteiger partial charge in [-0.05, 0) is 51.8 Å². The van der Waals surface area contributed by atoms with Gasteiger partial charge in [0.15, 0.2) is 0 Å². The molecule has 5 heteroatoms. The zero-order valence-electron chi connectivity index (χ0n) is 10.9. The van der Waals surface area contributed by atoms with Crippen LogP contribution in [0.15, 0.2) is 46.9 Å². The highest BCUT2D eigenvalue weighted by atomic mass is 79.9. The van der Waals surface area contributed by atoms with Crippen molar-refractivity contribution in [1.29, 1.82) is 0 Å². The Morgan fingerprint density at radius 2 is 1.95 bits per heavy atom. The first-order valence-corrected chi connectivity index (χ1v) is 6.89. The van der Waals surface area contributed by atoms with Crippen molar-refractivity contribution in [2.45, 2.75) is 13.5 Å². The second kappa shape index (κ2) is 6.52. The lowest BCUT2D eigenvalue weighted by molar-refractivity contribution is -0.114. The van der Waals surface area contributed by atoms with E-state index in [2.05, 4.69) is 26.6 Å². The molecule has 2 N–H and O–H groups in total. The van der Waals surface area contributed by atoms with Crippen molar-refractivity contribution in [3.8, 4) is 0 Å². The van der Waals surface area contributed by atoms with Crippen LogP contribution in [0.1, 0.15) is 12.5 Å². The standard InChI is InChI=1S/C15H14BrFN2O/c1-10(20)19-13-4-2-3-12(8-13)18-9-11-5-6-15(17)14(16)7-11/h2-8,18H,9H2,1H3,(H,19,20). The van der Waals surface area contributed by atoms with E-state index in [9.17, 15) is 9.18 Å². The van der Waals surface area contributed by atoms with Crippen LogP contribution in [0.4, 0.5) is 15.8 Å². The fraction of sp³-hybridized carbons (Fsp3) is 0.133. The molecule has 0 aliphatic carbocycles. The summed E-state index contributed by atoms with van der Waals surface area (Å²) in [5, 5.41) is 5.95. The van der Waals surface area contributed by atoms with Crippen LogP contribution in [0.2, 0.25) is 0 Å². The summed E-state index contributed by atoms with van der Waals surface area (Å²) in [7, 11) is 0. The summed E-state index contributed by atoms with van der Waals surface area (Å²) in [6.07, 6.45) is 0. The number of rotatable bonds is 4. The molecule has 1 amide bonds. The Balaban J connectivity index is 2.03. The van der Waals surface area contributed by atoms with Gasteiger partial charge in [0.05, 0.1) is 4.47 Å². The number of hydrogen-bond donors (Lipinski definition) is 2. The Bertz CT molecular complexity index is 631. The van der Waals surface area contributed by atoms with Gasteiger partial charge in [0.1, 0.15) is 5.82 Å². The molecule has 0 saturated carbocycles. The van der Waals surface area contributed by atoms with Gasteiger partial charge in [-0.2, -0.15) is 0 Å². The Labute approximate surface area is 125 Å². The maximum absolute atomic E-state index is 13.1. The molecule has 0 atom stereocenters. The lowest BCUT2D eigenvalue weighted by Gasteiger charge is -2.09. The van der Waals surface area contributed by atoms with Crippen molar-refractivity contribution in [1.82, 2.24) is 0 Å². The van der Waals surface area contributed by atoms with Crippen LogP contribution in [0, 0.1) is 5.82 Å². The normalized spacial score (nSPS) is 10.2. The van der Waals surface area contributed by atoms with Gasteiger partial charge >= 0.3 is 0 Å². The van der Waals surface area contributed by atoms with Gasteiger partial charge in [0.2, 0.25) is 5.91 Å². The van der Waals surface area contributed by atoms with E-state index in [1.165, 1.54) is 13.0 Å². The Morgan fingerprint density at radius 1 is 1.20 bits per heavy atom. The highest BCUT2D eigenvalue weighted by Crippen LogP contribution is 2.19. The van der Waals surface area contributed by atoms with Gasteiger partial charge in [-0.25, -0.2) is 4.39 Å². The summed E-state index contributed by atoms with van der Waals surface area (Å²) in [4.78, 5) is 11.0. The number of carbonyl (C=O) groups is 1. The van der Waals surface area contributed by atoms with Crippen LogP contribution in [-0.2, 0) is 11.3 Å². The van der Waals surface area contributed by atoms with Crippen LogP contribution < -0.4 is 10.6 Å². The SMILES string of the molecule is CC(=O)Nc1cccc(NCc2ccc(F)c(Br)c2)c1. The number of nitrogens with one attached hydrogen (secondary N) is 2. The average molecular weight is 337 g/mol. The molecule has 0 bridgehead atoms. The van der Waals surface area contributed by atoms with Crippen molar-refractivity contribution in [2.24, 2.45) is 0 Å². The van der Waals surface area contributed by atoms with E-state index in [0.29, 0.717) is 11.0 Å². The third kappa shape index (κ3) is 4.06. The summed E-state index contributed by atoms with van der Waals surface area (Å²) >= 11 is 3.16. The van der Waals surface area contributed by atoms with Gasteiger partial charge in [0, 0.05) is 24.8 Å². The zero-order valence-corrected chi connectivity index (χ0v) is 12.5. The highest BCUT2D eigenvalue weighted by molar-refractivity contribution is 9.10. The molecule has 0 aliphatic rings. The predicted octanol–water partition coefficient (Wildman–Crippen LogP) is 4.16. The molecule has 3 nitrogen and oxygen atoms in total. The summed E-state index contributed by atoms with van der Waals surface area (Å²) in [6.45, 7) is 2.04. The van der Waals surface area contributed by atoms with Crippen LogP contribution in [0.25, 0.3) is 0 Å². The quantitative estimate of drug-likeness (QED) is 0.880. The molecule has 2 aromatic carbocycles. The summed E-state index contributed by atoms with van der Waals surface area (Å²) in [6, 6.07) is 12.3. The number of hydrogen-bond acceptors (Lipinski definition) is 2. The lowest BCUT2D eigenvalue weighted by atomic mass is 10.2. The smallest absolute Gasteiger partial charge is 0.221 e.